The Kier molecular flexibility index (Phi) is 6.22. The topological polar surface area (TPSA) is 98.0 Å². The van der Waals surface area contributed by atoms with Gasteiger partial charge in [0, 0.05) is 44.4 Å². The number of nitro groups is 1. The summed E-state index contributed by atoms with van der Waals surface area (Å²) in [5.41, 5.74) is 1.38. The highest BCUT2D eigenvalue weighted by Crippen LogP contribution is 2.40. The molecule has 1 aromatic heterocycles. The van der Waals surface area contributed by atoms with E-state index >= 15 is 0 Å². The van der Waals surface area contributed by atoms with Crippen molar-refractivity contribution in [3.05, 3.63) is 58.2 Å². The van der Waals surface area contributed by atoms with E-state index in [1.165, 1.54) is 18.2 Å². The van der Waals surface area contributed by atoms with E-state index in [-0.39, 0.29) is 11.6 Å². The zero-order chi connectivity index (χ0) is 22.7. The van der Waals surface area contributed by atoms with Crippen LogP contribution in [0.15, 0.2) is 42.5 Å². The van der Waals surface area contributed by atoms with Crippen LogP contribution >= 0.6 is 11.3 Å². The van der Waals surface area contributed by atoms with Gasteiger partial charge in [0.25, 0.3) is 5.69 Å². The van der Waals surface area contributed by atoms with Crippen LogP contribution in [-0.4, -0.2) is 61.1 Å². The third-order valence-corrected chi connectivity index (χ3v) is 6.33. The molecule has 0 unspecified atom stereocenters. The van der Waals surface area contributed by atoms with Gasteiger partial charge in [0.15, 0.2) is 16.6 Å². The predicted molar refractivity (Wildman–Crippen MR) is 124 cm³/mol. The van der Waals surface area contributed by atoms with Crippen molar-refractivity contribution in [1.82, 2.24) is 9.88 Å². The molecular weight excluding hydrogens is 432 g/mol. The molecule has 3 aromatic rings. The summed E-state index contributed by atoms with van der Waals surface area (Å²) in [5, 5.41) is 11.8. The standard InChI is InChI=1S/C22H22N4O5S/c1-30-17-7-8-18-20(21(17)31-2)23-22(32-18)25-12-10-24(11-13-25)19(27)9-6-15-4-3-5-16(14-15)26(28)29/h3-9,14H,10-13H2,1-2H3/b9-6+. The lowest BCUT2D eigenvalue weighted by Crippen LogP contribution is -2.48. The fourth-order valence-corrected chi connectivity index (χ4v) is 4.58. The Labute approximate surface area is 188 Å². The highest BCUT2D eigenvalue weighted by atomic mass is 32.1. The molecule has 0 aliphatic carbocycles. The fourth-order valence-electron chi connectivity index (χ4n) is 3.57. The second-order valence-electron chi connectivity index (χ2n) is 7.14. The summed E-state index contributed by atoms with van der Waals surface area (Å²) in [6, 6.07) is 10.0. The fraction of sp³-hybridized carbons (Fsp3) is 0.273. The number of methoxy groups -OCH3 is 2. The van der Waals surface area contributed by atoms with E-state index in [4.69, 9.17) is 14.5 Å². The molecule has 32 heavy (non-hydrogen) atoms. The molecule has 0 radical (unpaired) electrons. The summed E-state index contributed by atoms with van der Waals surface area (Å²) in [4.78, 5) is 31.7. The zero-order valence-electron chi connectivity index (χ0n) is 17.7. The van der Waals surface area contributed by atoms with Crippen LogP contribution < -0.4 is 14.4 Å². The van der Waals surface area contributed by atoms with E-state index in [1.54, 1.807) is 48.7 Å². The number of carbonyl (C=O) groups excluding carboxylic acids is 1. The summed E-state index contributed by atoms with van der Waals surface area (Å²) < 4.78 is 11.9. The number of hydrogen-bond acceptors (Lipinski definition) is 8. The Morgan fingerprint density at radius 3 is 2.62 bits per heavy atom. The van der Waals surface area contributed by atoms with Crippen LogP contribution in [-0.2, 0) is 4.79 Å². The van der Waals surface area contributed by atoms with Gasteiger partial charge in [-0.3, -0.25) is 14.9 Å². The number of thiazole rings is 1. The minimum absolute atomic E-state index is 0.00158. The van der Waals surface area contributed by atoms with E-state index in [0.717, 1.165) is 15.3 Å². The van der Waals surface area contributed by atoms with Gasteiger partial charge in [-0.25, -0.2) is 4.98 Å². The molecule has 2 heterocycles. The van der Waals surface area contributed by atoms with Gasteiger partial charge < -0.3 is 19.3 Å². The molecule has 10 heteroatoms. The van der Waals surface area contributed by atoms with Crippen molar-refractivity contribution in [2.75, 3.05) is 45.3 Å². The Balaban J connectivity index is 1.41. The van der Waals surface area contributed by atoms with Crippen molar-refractivity contribution in [2.24, 2.45) is 0 Å². The molecule has 0 N–H and O–H groups in total. The lowest BCUT2D eigenvalue weighted by atomic mass is 10.2. The van der Waals surface area contributed by atoms with Gasteiger partial charge >= 0.3 is 0 Å². The number of carbonyl (C=O) groups is 1. The minimum atomic E-state index is -0.452. The molecule has 1 saturated heterocycles. The summed E-state index contributed by atoms with van der Waals surface area (Å²) in [7, 11) is 3.20. The Morgan fingerprint density at radius 1 is 1.16 bits per heavy atom. The van der Waals surface area contributed by atoms with Crippen LogP contribution in [0.2, 0.25) is 0 Å². The highest BCUT2D eigenvalue weighted by Gasteiger charge is 2.23. The SMILES string of the molecule is COc1ccc2sc(N3CCN(C(=O)/C=C/c4cccc([N+](=O)[O-])c4)CC3)nc2c1OC. The quantitative estimate of drug-likeness (QED) is 0.319. The van der Waals surface area contributed by atoms with Crippen molar-refractivity contribution in [3.63, 3.8) is 0 Å². The maximum Gasteiger partial charge on any atom is 0.270 e. The van der Waals surface area contributed by atoms with Gasteiger partial charge in [-0.15, -0.1) is 0 Å². The second kappa shape index (κ2) is 9.23. The number of nitro benzene ring substituents is 1. The number of hydrogen-bond donors (Lipinski definition) is 0. The van der Waals surface area contributed by atoms with E-state index in [9.17, 15) is 14.9 Å². The maximum absolute atomic E-state index is 12.6. The van der Waals surface area contributed by atoms with Gasteiger partial charge in [-0.05, 0) is 23.8 Å². The Bertz CT molecular complexity index is 1180. The molecule has 0 atom stereocenters. The van der Waals surface area contributed by atoms with E-state index in [2.05, 4.69) is 4.90 Å². The number of anilines is 1. The first-order valence-electron chi connectivity index (χ1n) is 9.98. The van der Waals surface area contributed by atoms with Crippen LogP contribution in [0, 0.1) is 10.1 Å². The number of piperazine rings is 1. The van der Waals surface area contributed by atoms with E-state index < -0.39 is 4.92 Å². The largest absolute Gasteiger partial charge is 0.493 e. The van der Waals surface area contributed by atoms with Gasteiger partial charge in [-0.1, -0.05) is 23.5 Å². The number of aromatic nitrogens is 1. The number of ether oxygens (including phenoxy) is 2. The van der Waals surface area contributed by atoms with Crippen LogP contribution in [0.4, 0.5) is 10.8 Å². The average Bonchev–Trinajstić information content (AvgIpc) is 3.26. The Morgan fingerprint density at radius 2 is 1.94 bits per heavy atom. The molecule has 1 aliphatic heterocycles. The molecule has 2 aromatic carbocycles. The Hall–Kier alpha value is -3.66. The third-order valence-electron chi connectivity index (χ3n) is 5.25. The number of amides is 1. The van der Waals surface area contributed by atoms with Crippen molar-refractivity contribution >= 4 is 44.4 Å². The lowest BCUT2D eigenvalue weighted by Gasteiger charge is -2.34. The van der Waals surface area contributed by atoms with Crippen LogP contribution in [0.25, 0.3) is 16.3 Å². The van der Waals surface area contributed by atoms with E-state index in [0.29, 0.717) is 43.2 Å². The van der Waals surface area contributed by atoms with Crippen molar-refractivity contribution in [2.45, 2.75) is 0 Å². The lowest BCUT2D eigenvalue weighted by molar-refractivity contribution is -0.384. The number of rotatable bonds is 6. The predicted octanol–water partition coefficient (Wildman–Crippen LogP) is 3.58. The van der Waals surface area contributed by atoms with Crippen LogP contribution in [0.3, 0.4) is 0 Å². The number of nitrogens with zero attached hydrogens (tertiary/aromatic N) is 4. The van der Waals surface area contributed by atoms with Crippen molar-refractivity contribution in [3.8, 4) is 11.5 Å². The smallest absolute Gasteiger partial charge is 0.270 e. The van der Waals surface area contributed by atoms with Crippen molar-refractivity contribution in [1.29, 1.82) is 0 Å². The first-order chi connectivity index (χ1) is 15.5. The summed E-state index contributed by atoms with van der Waals surface area (Å²) in [6.45, 7) is 2.45. The van der Waals surface area contributed by atoms with Crippen molar-refractivity contribution < 1.29 is 19.2 Å². The first-order valence-corrected chi connectivity index (χ1v) is 10.8. The normalized spacial score (nSPS) is 14.2. The van der Waals surface area contributed by atoms with Crippen LogP contribution in [0.1, 0.15) is 5.56 Å². The summed E-state index contributed by atoms with van der Waals surface area (Å²) >= 11 is 1.58. The summed E-state index contributed by atoms with van der Waals surface area (Å²) in [6.07, 6.45) is 3.07. The maximum atomic E-state index is 12.6. The number of fused-ring (bicyclic) bond motifs is 1. The monoisotopic (exact) mass is 454 g/mol. The molecule has 1 amide bonds. The molecular formula is C22H22N4O5S. The molecule has 1 aliphatic rings. The molecule has 0 spiro atoms. The first kappa shape index (κ1) is 21.6. The van der Waals surface area contributed by atoms with Gasteiger partial charge in [0.05, 0.1) is 23.8 Å². The molecule has 166 valence electrons. The molecule has 0 bridgehead atoms. The number of non-ortho nitro benzene ring substituents is 1. The third kappa shape index (κ3) is 4.35. The molecule has 9 nitrogen and oxygen atoms in total. The highest BCUT2D eigenvalue weighted by molar-refractivity contribution is 7.22. The summed E-state index contributed by atoms with van der Waals surface area (Å²) in [5.74, 6) is 1.14. The number of benzene rings is 2. The molecule has 1 fully saturated rings. The van der Waals surface area contributed by atoms with Crippen LogP contribution in [0.5, 0.6) is 11.5 Å². The zero-order valence-corrected chi connectivity index (χ0v) is 18.5. The second-order valence-corrected chi connectivity index (χ2v) is 8.15. The van der Waals surface area contributed by atoms with Gasteiger partial charge in [-0.2, -0.15) is 0 Å². The van der Waals surface area contributed by atoms with Gasteiger partial charge in [0.1, 0.15) is 5.52 Å². The molecule has 0 saturated carbocycles. The van der Waals surface area contributed by atoms with E-state index in [1.807, 2.05) is 12.1 Å². The minimum Gasteiger partial charge on any atom is -0.493 e. The molecule has 4 rings (SSSR count). The average molecular weight is 455 g/mol. The van der Waals surface area contributed by atoms with Gasteiger partial charge in [0.2, 0.25) is 5.91 Å².